The Kier molecular flexibility index (Phi) is 4.66. The Morgan fingerprint density at radius 2 is 1.83 bits per heavy atom. The SMILES string of the molecule is O=C(O)C(CCOC(F)(F)F)c1ccc(F)cc1. The Morgan fingerprint density at radius 3 is 2.28 bits per heavy atom. The van der Waals surface area contributed by atoms with Crippen molar-refractivity contribution in [2.45, 2.75) is 18.7 Å². The van der Waals surface area contributed by atoms with Crippen LogP contribution in [0.4, 0.5) is 17.6 Å². The lowest BCUT2D eigenvalue weighted by Gasteiger charge is -2.13. The van der Waals surface area contributed by atoms with Crippen LogP contribution in [-0.2, 0) is 9.53 Å². The molecule has 0 saturated carbocycles. The monoisotopic (exact) mass is 266 g/mol. The second-order valence-electron chi connectivity index (χ2n) is 3.53. The number of carbonyl (C=O) groups is 1. The van der Waals surface area contributed by atoms with Crippen LogP contribution in [0.2, 0.25) is 0 Å². The highest BCUT2D eigenvalue weighted by atomic mass is 19.4. The third-order valence-electron chi connectivity index (χ3n) is 2.24. The highest BCUT2D eigenvalue weighted by Gasteiger charge is 2.30. The van der Waals surface area contributed by atoms with Gasteiger partial charge in [0.25, 0.3) is 0 Å². The molecule has 0 aliphatic heterocycles. The first kappa shape index (κ1) is 14.4. The van der Waals surface area contributed by atoms with Crippen LogP contribution in [0.1, 0.15) is 17.9 Å². The Balaban J connectivity index is 2.66. The van der Waals surface area contributed by atoms with Crippen molar-refractivity contribution in [1.82, 2.24) is 0 Å². The highest BCUT2D eigenvalue weighted by molar-refractivity contribution is 5.76. The molecule has 1 aromatic rings. The van der Waals surface area contributed by atoms with Crippen LogP contribution in [0.15, 0.2) is 24.3 Å². The zero-order chi connectivity index (χ0) is 13.8. The molecule has 0 fully saturated rings. The minimum atomic E-state index is -4.79. The maximum atomic E-state index is 12.6. The molecule has 0 aromatic heterocycles. The minimum Gasteiger partial charge on any atom is -0.481 e. The number of halogens is 4. The Labute approximate surface area is 100.0 Å². The van der Waals surface area contributed by atoms with Crippen molar-refractivity contribution in [2.24, 2.45) is 0 Å². The van der Waals surface area contributed by atoms with E-state index in [9.17, 15) is 22.4 Å². The number of hydrogen-bond acceptors (Lipinski definition) is 2. The van der Waals surface area contributed by atoms with Gasteiger partial charge < -0.3 is 5.11 Å². The molecule has 1 atom stereocenters. The average molecular weight is 266 g/mol. The van der Waals surface area contributed by atoms with E-state index in [0.29, 0.717) is 0 Å². The third kappa shape index (κ3) is 4.70. The van der Waals surface area contributed by atoms with E-state index in [4.69, 9.17) is 5.11 Å². The van der Waals surface area contributed by atoms with E-state index in [1.807, 2.05) is 0 Å². The first-order chi connectivity index (χ1) is 8.29. The van der Waals surface area contributed by atoms with E-state index in [0.717, 1.165) is 12.1 Å². The highest BCUT2D eigenvalue weighted by Crippen LogP contribution is 2.23. The molecule has 1 rings (SSSR count). The molecule has 1 N–H and O–H groups in total. The number of carboxylic acid groups (broad SMARTS) is 1. The molecule has 0 heterocycles. The molecule has 0 bridgehead atoms. The molecular weight excluding hydrogens is 256 g/mol. The largest absolute Gasteiger partial charge is 0.522 e. The molecule has 100 valence electrons. The lowest BCUT2D eigenvalue weighted by atomic mass is 9.96. The summed E-state index contributed by atoms with van der Waals surface area (Å²) in [5.41, 5.74) is 0.231. The zero-order valence-corrected chi connectivity index (χ0v) is 9.08. The van der Waals surface area contributed by atoms with Gasteiger partial charge in [0, 0.05) is 0 Å². The van der Waals surface area contributed by atoms with Crippen LogP contribution in [-0.4, -0.2) is 24.0 Å². The summed E-state index contributed by atoms with van der Waals surface area (Å²) in [6, 6.07) is 4.55. The molecule has 1 aromatic carbocycles. The van der Waals surface area contributed by atoms with Crippen LogP contribution in [0.3, 0.4) is 0 Å². The molecule has 18 heavy (non-hydrogen) atoms. The molecule has 0 saturated heterocycles. The molecule has 0 spiro atoms. The quantitative estimate of drug-likeness (QED) is 0.833. The Bertz CT molecular complexity index is 400. The second kappa shape index (κ2) is 5.81. The predicted octanol–water partition coefficient (Wildman–Crippen LogP) is 2.92. The Hall–Kier alpha value is -1.63. The fourth-order valence-corrected chi connectivity index (χ4v) is 1.42. The van der Waals surface area contributed by atoms with E-state index in [1.54, 1.807) is 0 Å². The third-order valence-corrected chi connectivity index (χ3v) is 2.24. The van der Waals surface area contributed by atoms with Gasteiger partial charge in [-0.1, -0.05) is 12.1 Å². The summed E-state index contributed by atoms with van der Waals surface area (Å²) in [4.78, 5) is 10.9. The van der Waals surface area contributed by atoms with Gasteiger partial charge in [0.1, 0.15) is 5.82 Å². The van der Waals surface area contributed by atoms with Crippen molar-refractivity contribution in [3.8, 4) is 0 Å². The maximum Gasteiger partial charge on any atom is 0.522 e. The van der Waals surface area contributed by atoms with Gasteiger partial charge in [0.15, 0.2) is 0 Å². The number of benzene rings is 1. The molecule has 3 nitrogen and oxygen atoms in total. The summed E-state index contributed by atoms with van der Waals surface area (Å²) in [6.07, 6.45) is -5.13. The van der Waals surface area contributed by atoms with Crippen LogP contribution < -0.4 is 0 Å². The fraction of sp³-hybridized carbons (Fsp3) is 0.364. The molecule has 1 unspecified atom stereocenters. The lowest BCUT2D eigenvalue weighted by molar-refractivity contribution is -0.325. The first-order valence-corrected chi connectivity index (χ1v) is 4.98. The van der Waals surface area contributed by atoms with Crippen molar-refractivity contribution in [3.63, 3.8) is 0 Å². The number of hydrogen-bond donors (Lipinski definition) is 1. The summed E-state index contributed by atoms with van der Waals surface area (Å²) in [5.74, 6) is -2.99. The maximum absolute atomic E-state index is 12.6. The van der Waals surface area contributed by atoms with Crippen LogP contribution in [0, 0.1) is 5.82 Å². The molecule has 0 aliphatic rings. The van der Waals surface area contributed by atoms with Crippen LogP contribution in [0.25, 0.3) is 0 Å². The van der Waals surface area contributed by atoms with Gasteiger partial charge in [-0.05, 0) is 24.1 Å². The number of ether oxygens (including phenoxy) is 1. The Morgan fingerprint density at radius 1 is 1.28 bits per heavy atom. The molecule has 0 amide bonds. The first-order valence-electron chi connectivity index (χ1n) is 4.98. The minimum absolute atomic E-state index is 0.231. The summed E-state index contributed by atoms with van der Waals surface area (Å²) >= 11 is 0. The van der Waals surface area contributed by atoms with Crippen LogP contribution in [0.5, 0.6) is 0 Å². The van der Waals surface area contributed by atoms with Gasteiger partial charge in [0.2, 0.25) is 0 Å². The molecular formula is C11H10F4O3. The van der Waals surface area contributed by atoms with Crippen LogP contribution >= 0.6 is 0 Å². The van der Waals surface area contributed by atoms with Gasteiger partial charge in [-0.15, -0.1) is 13.2 Å². The normalized spacial score (nSPS) is 13.3. The van der Waals surface area contributed by atoms with Crippen molar-refractivity contribution < 1.29 is 32.2 Å². The van der Waals surface area contributed by atoms with Crippen molar-refractivity contribution >= 4 is 5.97 Å². The lowest BCUT2D eigenvalue weighted by Crippen LogP contribution is -2.19. The average Bonchev–Trinajstić information content (AvgIpc) is 2.24. The van der Waals surface area contributed by atoms with E-state index in [1.165, 1.54) is 12.1 Å². The smallest absolute Gasteiger partial charge is 0.481 e. The van der Waals surface area contributed by atoms with E-state index >= 15 is 0 Å². The van der Waals surface area contributed by atoms with Gasteiger partial charge >= 0.3 is 12.3 Å². The zero-order valence-electron chi connectivity index (χ0n) is 9.08. The molecule has 0 aliphatic carbocycles. The summed E-state index contributed by atoms with van der Waals surface area (Å²) in [5, 5.41) is 8.89. The van der Waals surface area contributed by atoms with Crippen molar-refractivity contribution in [2.75, 3.05) is 6.61 Å². The van der Waals surface area contributed by atoms with Gasteiger partial charge in [-0.2, -0.15) is 0 Å². The molecule has 7 heteroatoms. The van der Waals surface area contributed by atoms with Gasteiger partial charge in [0.05, 0.1) is 12.5 Å². The van der Waals surface area contributed by atoms with Gasteiger partial charge in [-0.3, -0.25) is 9.53 Å². The number of alkyl halides is 3. The van der Waals surface area contributed by atoms with E-state index in [-0.39, 0.29) is 12.0 Å². The number of carboxylic acids is 1. The summed E-state index contributed by atoms with van der Waals surface area (Å²) in [6.45, 7) is -0.766. The van der Waals surface area contributed by atoms with E-state index < -0.39 is 30.7 Å². The molecule has 0 radical (unpaired) electrons. The van der Waals surface area contributed by atoms with E-state index in [2.05, 4.69) is 4.74 Å². The number of aliphatic carboxylic acids is 1. The standard InChI is InChI=1S/C11H10F4O3/c12-8-3-1-7(2-4-8)9(10(16)17)5-6-18-11(13,14)15/h1-4,9H,5-6H2,(H,16,17). The number of rotatable bonds is 5. The van der Waals surface area contributed by atoms with Crippen molar-refractivity contribution in [3.05, 3.63) is 35.6 Å². The summed E-state index contributed by atoms with van der Waals surface area (Å²) in [7, 11) is 0. The second-order valence-corrected chi connectivity index (χ2v) is 3.53. The van der Waals surface area contributed by atoms with Gasteiger partial charge in [-0.25, -0.2) is 4.39 Å². The predicted molar refractivity (Wildman–Crippen MR) is 53.4 cm³/mol. The topological polar surface area (TPSA) is 46.5 Å². The van der Waals surface area contributed by atoms with Crippen molar-refractivity contribution in [1.29, 1.82) is 0 Å². The fourth-order valence-electron chi connectivity index (χ4n) is 1.42. The summed E-state index contributed by atoms with van der Waals surface area (Å²) < 4.78 is 51.4.